The van der Waals surface area contributed by atoms with Gasteiger partial charge in [0.2, 0.25) is 6.79 Å². The summed E-state index contributed by atoms with van der Waals surface area (Å²) < 4.78 is 12.9. The number of H-pyrrole nitrogens is 1. The van der Waals surface area contributed by atoms with E-state index in [9.17, 15) is 4.79 Å². The first-order valence-electron chi connectivity index (χ1n) is 11.8. The van der Waals surface area contributed by atoms with Crippen molar-refractivity contribution in [3.05, 3.63) is 39.9 Å². The molecule has 1 atom stereocenters. The molecule has 0 radical (unpaired) electrons. The molecule has 176 valence electrons. The van der Waals surface area contributed by atoms with Gasteiger partial charge in [-0.2, -0.15) is 0 Å². The third-order valence-electron chi connectivity index (χ3n) is 6.78. The highest BCUT2D eigenvalue weighted by atomic mass is 16.7. The van der Waals surface area contributed by atoms with Gasteiger partial charge in [-0.25, -0.2) is 4.68 Å². The van der Waals surface area contributed by atoms with E-state index in [0.717, 1.165) is 41.6 Å². The van der Waals surface area contributed by atoms with Crippen LogP contribution in [0.4, 0.5) is 0 Å². The first-order chi connectivity index (χ1) is 15.8. The van der Waals surface area contributed by atoms with Crippen LogP contribution in [0.3, 0.4) is 0 Å². The molecule has 9 nitrogen and oxygen atoms in total. The lowest BCUT2D eigenvalue weighted by Gasteiger charge is -2.36. The van der Waals surface area contributed by atoms with E-state index >= 15 is 0 Å². The van der Waals surface area contributed by atoms with E-state index in [2.05, 4.69) is 53.1 Å². The van der Waals surface area contributed by atoms with Crippen molar-refractivity contribution in [2.24, 2.45) is 0 Å². The SMILES string of the molecule is CC[C@@H](c1nnnn1C(C)(C)C)N(Cc1cc2cc3c(cc2[nH]c1=O)OCO3)C1CCCC1. The van der Waals surface area contributed by atoms with Crippen molar-refractivity contribution >= 4 is 10.9 Å². The van der Waals surface area contributed by atoms with E-state index in [1.165, 1.54) is 12.8 Å². The molecular formula is C24H32N6O3. The van der Waals surface area contributed by atoms with Crippen molar-refractivity contribution in [2.45, 2.75) is 84.0 Å². The molecule has 3 heterocycles. The Kier molecular flexibility index (Phi) is 5.60. The monoisotopic (exact) mass is 452 g/mol. The van der Waals surface area contributed by atoms with E-state index < -0.39 is 0 Å². The van der Waals surface area contributed by atoms with Gasteiger partial charge >= 0.3 is 0 Å². The van der Waals surface area contributed by atoms with Crippen LogP contribution in [0.25, 0.3) is 10.9 Å². The fourth-order valence-corrected chi connectivity index (χ4v) is 5.13. The molecule has 9 heteroatoms. The molecule has 1 fully saturated rings. The number of nitrogens with one attached hydrogen (secondary N) is 1. The van der Waals surface area contributed by atoms with Crippen molar-refractivity contribution in [1.82, 2.24) is 30.1 Å². The van der Waals surface area contributed by atoms with Crippen molar-refractivity contribution in [1.29, 1.82) is 0 Å². The maximum absolute atomic E-state index is 13.1. The Labute approximate surface area is 193 Å². The molecule has 1 saturated carbocycles. The standard InChI is InChI=1S/C24H32N6O3/c1-5-19(22-26-27-28-30(22)24(2,3)4)29(17-8-6-7-9-17)13-16-10-15-11-20-21(33-14-32-20)12-18(15)25-23(16)31/h10-12,17,19H,5-9,13-14H2,1-4H3,(H,25,31)/t19-/m0/s1. The van der Waals surface area contributed by atoms with Crippen LogP contribution in [0, 0.1) is 0 Å². The van der Waals surface area contributed by atoms with Gasteiger partial charge in [-0.3, -0.25) is 9.69 Å². The number of pyridine rings is 1. The van der Waals surface area contributed by atoms with E-state index in [1.807, 2.05) is 22.9 Å². The van der Waals surface area contributed by atoms with Crippen LogP contribution in [0.5, 0.6) is 11.5 Å². The van der Waals surface area contributed by atoms with Crippen LogP contribution < -0.4 is 15.0 Å². The lowest BCUT2D eigenvalue weighted by atomic mass is 10.0. The van der Waals surface area contributed by atoms with Crippen molar-refractivity contribution in [3.63, 3.8) is 0 Å². The summed E-state index contributed by atoms with van der Waals surface area (Å²) in [5, 5.41) is 13.7. The Morgan fingerprint density at radius 2 is 1.91 bits per heavy atom. The number of aromatic nitrogens is 5. The zero-order valence-electron chi connectivity index (χ0n) is 19.8. The quantitative estimate of drug-likeness (QED) is 0.606. The summed E-state index contributed by atoms with van der Waals surface area (Å²) in [6.07, 6.45) is 5.52. The van der Waals surface area contributed by atoms with Crippen molar-refractivity contribution in [3.8, 4) is 11.5 Å². The molecule has 1 aliphatic carbocycles. The second-order valence-electron chi connectivity index (χ2n) is 10.1. The van der Waals surface area contributed by atoms with Crippen LogP contribution in [0.2, 0.25) is 0 Å². The number of rotatable bonds is 6. The number of tetrazole rings is 1. The summed E-state index contributed by atoms with van der Waals surface area (Å²) in [6, 6.07) is 6.18. The summed E-state index contributed by atoms with van der Waals surface area (Å²) in [5.41, 5.74) is 1.19. The normalized spacial score (nSPS) is 17.4. The fourth-order valence-electron chi connectivity index (χ4n) is 5.13. The Hall–Kier alpha value is -2.94. The maximum Gasteiger partial charge on any atom is 0.252 e. The highest BCUT2D eigenvalue weighted by Gasteiger charge is 2.34. The van der Waals surface area contributed by atoms with E-state index in [4.69, 9.17) is 9.47 Å². The number of ether oxygens (including phenoxy) is 2. The molecule has 0 bridgehead atoms. The Bertz CT molecular complexity index is 1210. The van der Waals surface area contributed by atoms with Gasteiger partial charge in [0, 0.05) is 29.6 Å². The molecule has 2 aromatic heterocycles. The highest BCUT2D eigenvalue weighted by molar-refractivity contribution is 5.83. The smallest absolute Gasteiger partial charge is 0.252 e. The largest absolute Gasteiger partial charge is 0.454 e. The first kappa shape index (κ1) is 21.9. The maximum atomic E-state index is 13.1. The van der Waals surface area contributed by atoms with Crippen LogP contribution in [-0.4, -0.2) is 42.9 Å². The van der Waals surface area contributed by atoms with Crippen molar-refractivity contribution in [2.75, 3.05) is 6.79 Å². The van der Waals surface area contributed by atoms with Gasteiger partial charge < -0.3 is 14.5 Å². The Balaban J connectivity index is 1.54. The minimum Gasteiger partial charge on any atom is -0.454 e. The van der Waals surface area contributed by atoms with E-state index in [-0.39, 0.29) is 23.9 Å². The molecule has 5 rings (SSSR count). The van der Waals surface area contributed by atoms with Crippen LogP contribution in [-0.2, 0) is 12.1 Å². The molecule has 0 saturated heterocycles. The molecule has 1 N–H and O–H groups in total. The molecule has 3 aromatic rings. The van der Waals surface area contributed by atoms with Gasteiger partial charge in [-0.1, -0.05) is 19.8 Å². The summed E-state index contributed by atoms with van der Waals surface area (Å²) in [4.78, 5) is 18.6. The van der Waals surface area contributed by atoms with Crippen LogP contribution in [0.1, 0.15) is 77.2 Å². The molecule has 33 heavy (non-hydrogen) atoms. The summed E-state index contributed by atoms with van der Waals surface area (Å²) in [7, 11) is 0. The molecule has 0 unspecified atom stereocenters. The third-order valence-corrected chi connectivity index (χ3v) is 6.78. The number of benzene rings is 1. The molecule has 0 amide bonds. The van der Waals surface area contributed by atoms with Gasteiger partial charge in [0.25, 0.3) is 5.56 Å². The third kappa shape index (κ3) is 4.10. The number of fused-ring (bicyclic) bond motifs is 2. The van der Waals surface area contributed by atoms with Crippen LogP contribution >= 0.6 is 0 Å². The predicted molar refractivity (Wildman–Crippen MR) is 124 cm³/mol. The van der Waals surface area contributed by atoms with Crippen LogP contribution in [0.15, 0.2) is 23.0 Å². The predicted octanol–water partition coefficient (Wildman–Crippen LogP) is 3.89. The fraction of sp³-hybridized carbons (Fsp3) is 0.583. The van der Waals surface area contributed by atoms with Gasteiger partial charge in [-0.15, -0.1) is 5.10 Å². The van der Waals surface area contributed by atoms with E-state index in [0.29, 0.717) is 24.1 Å². The number of hydrogen-bond acceptors (Lipinski definition) is 7. The molecule has 1 aliphatic heterocycles. The molecular weight excluding hydrogens is 420 g/mol. The first-order valence-corrected chi connectivity index (χ1v) is 11.8. The highest BCUT2D eigenvalue weighted by Crippen LogP contribution is 2.37. The summed E-state index contributed by atoms with van der Waals surface area (Å²) in [6.45, 7) is 9.24. The minimum atomic E-state index is -0.226. The van der Waals surface area contributed by atoms with Gasteiger partial charge in [0.15, 0.2) is 17.3 Å². The Morgan fingerprint density at radius 3 is 2.61 bits per heavy atom. The molecule has 2 aliphatic rings. The second-order valence-corrected chi connectivity index (χ2v) is 10.1. The van der Waals surface area contributed by atoms with Crippen molar-refractivity contribution < 1.29 is 9.47 Å². The number of nitrogens with zero attached hydrogens (tertiary/aromatic N) is 5. The van der Waals surface area contributed by atoms with Gasteiger partial charge in [0.1, 0.15) is 0 Å². The second kappa shape index (κ2) is 8.44. The minimum absolute atomic E-state index is 0.0224. The average Bonchev–Trinajstić information content (AvgIpc) is 3.53. The molecule has 1 aromatic carbocycles. The zero-order valence-corrected chi connectivity index (χ0v) is 19.8. The summed E-state index contributed by atoms with van der Waals surface area (Å²) >= 11 is 0. The summed E-state index contributed by atoms with van der Waals surface area (Å²) in [5.74, 6) is 2.24. The lowest BCUT2D eigenvalue weighted by Crippen LogP contribution is -2.40. The lowest BCUT2D eigenvalue weighted by molar-refractivity contribution is 0.108. The van der Waals surface area contributed by atoms with Gasteiger partial charge in [-0.05, 0) is 62.6 Å². The van der Waals surface area contributed by atoms with Gasteiger partial charge in [0.05, 0.1) is 17.1 Å². The van der Waals surface area contributed by atoms with E-state index in [1.54, 1.807) is 0 Å². The molecule has 0 spiro atoms. The number of aromatic amines is 1. The Morgan fingerprint density at radius 1 is 1.18 bits per heavy atom. The number of hydrogen-bond donors (Lipinski definition) is 1. The average molecular weight is 453 g/mol. The zero-order chi connectivity index (χ0) is 23.2. The topological polar surface area (TPSA) is 98.2 Å².